The summed E-state index contributed by atoms with van der Waals surface area (Å²) in [5.41, 5.74) is 1.53. The Morgan fingerprint density at radius 1 is 0.442 bits per heavy atom. The van der Waals surface area contributed by atoms with Crippen LogP contribution in [-0.4, -0.2) is 0 Å². The molecule has 1 heterocycles. The highest BCUT2D eigenvalue weighted by Gasteiger charge is 2.03. The van der Waals surface area contributed by atoms with E-state index in [1.54, 1.807) is 0 Å². The third-order valence-electron chi connectivity index (χ3n) is 9.07. The molecule has 0 aliphatic carbocycles. The number of rotatable bonds is 33. The molecule has 0 N–H and O–H groups in total. The van der Waals surface area contributed by atoms with Crippen molar-refractivity contribution in [3.8, 4) is 0 Å². The van der Waals surface area contributed by atoms with Crippen molar-refractivity contribution in [3.63, 3.8) is 0 Å². The topological polar surface area (TPSA) is 3.88 Å². The number of pyridine rings is 1. The minimum absolute atomic E-state index is 1.18. The third kappa shape index (κ3) is 29.1. The molecule has 0 radical (unpaired) electrons. The van der Waals surface area contributed by atoms with Crippen LogP contribution in [0, 0.1) is 0 Å². The Labute approximate surface area is 271 Å². The number of nitrogens with zero attached hydrogens (tertiary/aromatic N) is 1. The number of aryl methyl sites for hydroxylation is 2. The van der Waals surface area contributed by atoms with Gasteiger partial charge in [-0.15, -0.1) is 0 Å². The van der Waals surface area contributed by atoms with Crippen LogP contribution in [0.5, 0.6) is 0 Å². The predicted molar refractivity (Wildman–Crippen MR) is 194 cm³/mol. The molecule has 0 spiro atoms. The average Bonchev–Trinajstić information content (AvgIpc) is 3.02. The van der Waals surface area contributed by atoms with Crippen LogP contribution in [-0.2, 0) is 13.0 Å². The number of allylic oxidation sites excluding steroid dienone is 4. The van der Waals surface area contributed by atoms with Gasteiger partial charge < -0.3 is 0 Å². The lowest BCUT2D eigenvalue weighted by molar-refractivity contribution is -0.697. The van der Waals surface area contributed by atoms with Gasteiger partial charge in [0, 0.05) is 18.1 Å². The van der Waals surface area contributed by atoms with Gasteiger partial charge in [-0.25, -0.2) is 4.57 Å². The fraction of sp³-hybridized carbons (Fsp3) is 0.786. The minimum atomic E-state index is 1.18. The summed E-state index contributed by atoms with van der Waals surface area (Å²) < 4.78 is 2.44. The van der Waals surface area contributed by atoms with E-state index in [0.717, 1.165) is 0 Å². The molecule has 1 rings (SSSR count). The molecule has 0 saturated carbocycles. The minimum Gasteiger partial charge on any atom is -0.205 e. The maximum Gasteiger partial charge on any atom is 0.171 e. The van der Waals surface area contributed by atoms with Gasteiger partial charge in [0.2, 0.25) is 0 Å². The molecule has 0 aromatic carbocycles. The molecule has 1 nitrogen and oxygen atoms in total. The van der Waals surface area contributed by atoms with E-state index >= 15 is 0 Å². The van der Waals surface area contributed by atoms with E-state index < -0.39 is 0 Å². The fourth-order valence-electron chi connectivity index (χ4n) is 6.16. The Hall–Kier alpha value is -1.37. The second-order valence-corrected chi connectivity index (χ2v) is 13.4. The second kappa shape index (κ2) is 33.5. The average molecular weight is 595 g/mol. The van der Waals surface area contributed by atoms with E-state index in [1.807, 2.05) is 0 Å². The highest BCUT2D eigenvalue weighted by Crippen LogP contribution is 2.13. The molecule has 0 aliphatic rings. The molecule has 0 atom stereocenters. The van der Waals surface area contributed by atoms with Crippen LogP contribution in [0.3, 0.4) is 0 Å². The Morgan fingerprint density at radius 2 is 0.814 bits per heavy atom. The lowest BCUT2D eigenvalue weighted by Crippen LogP contribution is -2.33. The van der Waals surface area contributed by atoms with Gasteiger partial charge in [-0.2, -0.15) is 0 Å². The van der Waals surface area contributed by atoms with Crippen molar-refractivity contribution >= 4 is 0 Å². The first-order valence-corrected chi connectivity index (χ1v) is 19.6. The van der Waals surface area contributed by atoms with Crippen molar-refractivity contribution in [3.05, 3.63) is 54.4 Å². The van der Waals surface area contributed by atoms with Crippen LogP contribution < -0.4 is 4.57 Å². The quantitative estimate of drug-likeness (QED) is 0.0433. The van der Waals surface area contributed by atoms with E-state index in [1.165, 1.54) is 205 Å². The third-order valence-corrected chi connectivity index (χ3v) is 9.07. The highest BCUT2D eigenvalue weighted by molar-refractivity contribution is 5.05. The van der Waals surface area contributed by atoms with Gasteiger partial charge in [0.1, 0.15) is 6.54 Å². The van der Waals surface area contributed by atoms with Gasteiger partial charge in [0.05, 0.1) is 0 Å². The molecule has 43 heavy (non-hydrogen) atoms. The summed E-state index contributed by atoms with van der Waals surface area (Å²) >= 11 is 0. The van der Waals surface area contributed by atoms with E-state index in [4.69, 9.17) is 0 Å². The van der Waals surface area contributed by atoms with Crippen molar-refractivity contribution in [2.75, 3.05) is 0 Å². The summed E-state index contributed by atoms with van der Waals surface area (Å²) in [4.78, 5) is 0. The van der Waals surface area contributed by atoms with Gasteiger partial charge in [-0.1, -0.05) is 154 Å². The Morgan fingerprint density at radius 3 is 1.26 bits per heavy atom. The van der Waals surface area contributed by atoms with Crippen molar-refractivity contribution < 1.29 is 4.57 Å². The van der Waals surface area contributed by atoms with Crippen LogP contribution in [0.25, 0.3) is 0 Å². The SMILES string of the molecule is CCCCCCCC/C=C\CCCCCCCCCc1ccc[n+](CCCCCCCC/C=C\CCCCCCCC)c1. The number of aromatic nitrogens is 1. The largest absolute Gasteiger partial charge is 0.205 e. The molecular formula is C42H76N+. The van der Waals surface area contributed by atoms with Crippen molar-refractivity contribution in [2.24, 2.45) is 0 Å². The van der Waals surface area contributed by atoms with Crippen LogP contribution in [0.15, 0.2) is 48.8 Å². The molecular weight excluding hydrogens is 518 g/mol. The van der Waals surface area contributed by atoms with E-state index in [9.17, 15) is 0 Å². The van der Waals surface area contributed by atoms with Gasteiger partial charge >= 0.3 is 0 Å². The molecule has 0 saturated heterocycles. The summed E-state index contributed by atoms with van der Waals surface area (Å²) in [6.07, 6.45) is 55.8. The van der Waals surface area contributed by atoms with Crippen LogP contribution >= 0.6 is 0 Å². The van der Waals surface area contributed by atoms with Crippen molar-refractivity contribution in [1.29, 1.82) is 0 Å². The first-order chi connectivity index (χ1) is 21.4. The first-order valence-electron chi connectivity index (χ1n) is 19.6. The van der Waals surface area contributed by atoms with Crippen molar-refractivity contribution in [2.45, 2.75) is 213 Å². The molecule has 0 bridgehead atoms. The second-order valence-electron chi connectivity index (χ2n) is 13.4. The number of unbranched alkanes of at least 4 members (excludes halogenated alkanes) is 25. The van der Waals surface area contributed by atoms with E-state index in [2.05, 4.69) is 67.2 Å². The van der Waals surface area contributed by atoms with Gasteiger partial charge in [-0.3, -0.25) is 0 Å². The Kier molecular flexibility index (Phi) is 30.9. The number of hydrogen-bond acceptors (Lipinski definition) is 0. The lowest BCUT2D eigenvalue weighted by atomic mass is 10.0. The molecule has 1 aromatic rings. The summed E-state index contributed by atoms with van der Waals surface area (Å²) in [6, 6.07) is 4.59. The van der Waals surface area contributed by atoms with Gasteiger partial charge in [0.15, 0.2) is 12.4 Å². The molecule has 1 heteroatoms. The zero-order valence-electron chi connectivity index (χ0n) is 29.5. The predicted octanol–water partition coefficient (Wildman–Crippen LogP) is 14.0. The highest BCUT2D eigenvalue weighted by atomic mass is 14.9. The Bertz CT molecular complexity index is 732. The molecule has 0 aliphatic heterocycles. The summed E-state index contributed by atoms with van der Waals surface area (Å²) in [5.74, 6) is 0. The first kappa shape index (κ1) is 39.7. The maximum atomic E-state index is 2.44. The maximum absolute atomic E-state index is 2.44. The molecule has 1 aromatic heterocycles. The molecule has 0 unspecified atom stereocenters. The van der Waals surface area contributed by atoms with Gasteiger partial charge in [0.25, 0.3) is 0 Å². The standard InChI is InChI=1S/C42H76N/c1-3-5-7-9-11-13-15-17-19-21-22-24-26-28-30-32-34-37-42-38-36-40-43(41-42)39-35-33-31-29-27-25-23-20-18-16-14-12-10-8-6-4-2/h17-20,36,38,40-41H,3-16,21-35,37,39H2,1-2H3/q+1/b19-17-,20-18-. The lowest BCUT2D eigenvalue weighted by Gasteiger charge is -2.03. The van der Waals surface area contributed by atoms with Crippen molar-refractivity contribution in [1.82, 2.24) is 0 Å². The molecule has 0 fully saturated rings. The van der Waals surface area contributed by atoms with Crippen LogP contribution in [0.4, 0.5) is 0 Å². The summed E-state index contributed by atoms with van der Waals surface area (Å²) in [6.45, 7) is 5.77. The Balaban J connectivity index is 1.88. The molecule has 0 amide bonds. The normalized spacial score (nSPS) is 11.9. The van der Waals surface area contributed by atoms with Crippen LogP contribution in [0.2, 0.25) is 0 Å². The zero-order chi connectivity index (χ0) is 30.7. The fourth-order valence-corrected chi connectivity index (χ4v) is 6.16. The summed E-state index contributed by atoms with van der Waals surface area (Å²) in [5, 5.41) is 0. The molecule has 248 valence electrons. The van der Waals surface area contributed by atoms with E-state index in [0.29, 0.717) is 0 Å². The monoisotopic (exact) mass is 595 g/mol. The zero-order valence-corrected chi connectivity index (χ0v) is 29.5. The number of hydrogen-bond donors (Lipinski definition) is 0. The summed E-state index contributed by atoms with van der Waals surface area (Å²) in [7, 11) is 0. The van der Waals surface area contributed by atoms with Crippen LogP contribution in [0.1, 0.15) is 206 Å². The smallest absolute Gasteiger partial charge is 0.171 e. The van der Waals surface area contributed by atoms with Gasteiger partial charge in [-0.05, 0) is 76.7 Å². The van der Waals surface area contributed by atoms with E-state index in [-0.39, 0.29) is 0 Å².